The maximum Gasteiger partial charge on any atom is 0.434 e. The number of nitrogens with zero attached hydrogens (tertiary/aromatic N) is 3. The van der Waals surface area contributed by atoms with Crippen molar-refractivity contribution in [3.63, 3.8) is 0 Å². The zero-order valence-electron chi connectivity index (χ0n) is 13.6. The first-order valence-corrected chi connectivity index (χ1v) is 8.13. The van der Waals surface area contributed by atoms with E-state index >= 15 is 0 Å². The molecule has 1 aromatic rings. The molecule has 0 unspecified atom stereocenters. The zero-order valence-corrected chi connectivity index (χ0v) is 15.3. The van der Waals surface area contributed by atoms with Gasteiger partial charge in [0.1, 0.15) is 31.1 Å². The summed E-state index contributed by atoms with van der Waals surface area (Å²) in [5.41, 5.74) is 0.577. The summed E-state index contributed by atoms with van der Waals surface area (Å²) >= 11 is 8.14. The lowest BCUT2D eigenvalue weighted by atomic mass is 10.2. The van der Waals surface area contributed by atoms with Crippen molar-refractivity contribution in [2.45, 2.75) is 38.1 Å². The van der Waals surface area contributed by atoms with Crippen molar-refractivity contribution in [2.24, 2.45) is 0 Å². The van der Waals surface area contributed by atoms with Crippen molar-refractivity contribution in [1.29, 1.82) is 0 Å². The van der Waals surface area contributed by atoms with Crippen LogP contribution in [-0.2, 0) is 20.9 Å². The smallest absolute Gasteiger partial charge is 0.434 e. The Morgan fingerprint density at radius 3 is 2.67 bits per heavy atom. The summed E-state index contributed by atoms with van der Waals surface area (Å²) in [6, 6.07) is -0.925. The van der Waals surface area contributed by atoms with Crippen LogP contribution in [0, 0.1) is 17.0 Å². The summed E-state index contributed by atoms with van der Waals surface area (Å²) in [4.78, 5) is 37.8. The Kier molecular flexibility index (Phi) is 7.08. The largest absolute Gasteiger partial charge is 0.461 e. The molecule has 0 spiro atoms. The van der Waals surface area contributed by atoms with E-state index in [2.05, 4.69) is 35.6 Å². The van der Waals surface area contributed by atoms with Gasteiger partial charge in [0.05, 0.1) is 4.75 Å². The van der Waals surface area contributed by atoms with Gasteiger partial charge in [0, 0.05) is 5.75 Å². The highest BCUT2D eigenvalue weighted by Crippen LogP contribution is 2.13. The number of imidazole rings is 1. The average Bonchev–Trinajstić information content (AvgIpc) is 2.84. The molecule has 1 atom stereocenters. The molecule has 11 heteroatoms. The third-order valence-electron chi connectivity index (χ3n) is 3.08. The number of hydrogen-bond acceptors (Lipinski definition) is 8. The second-order valence-corrected chi connectivity index (χ2v) is 7.03. The lowest BCUT2D eigenvalue weighted by Crippen LogP contribution is -2.49. The number of aromatic nitrogens is 2. The summed E-state index contributed by atoms with van der Waals surface area (Å²) < 4.78 is 5.46. The Labute approximate surface area is 150 Å². The number of carbonyl (C=O) groups is 2. The Morgan fingerprint density at radius 1 is 1.54 bits per heavy atom. The van der Waals surface area contributed by atoms with Crippen LogP contribution in [0.5, 0.6) is 0 Å². The molecule has 0 radical (unpaired) electrons. The Bertz CT molecular complexity index is 626. The fraction of sp³-hybridized carbons (Fsp3) is 0.615. The van der Waals surface area contributed by atoms with Gasteiger partial charge in [0.15, 0.2) is 0 Å². The second-order valence-electron chi connectivity index (χ2n) is 5.54. The first-order valence-electron chi connectivity index (χ1n) is 7.05. The van der Waals surface area contributed by atoms with Crippen LogP contribution in [0.4, 0.5) is 5.95 Å². The van der Waals surface area contributed by atoms with Gasteiger partial charge in [-0.2, -0.15) is 25.3 Å². The van der Waals surface area contributed by atoms with Crippen LogP contribution in [0.2, 0.25) is 0 Å². The van der Waals surface area contributed by atoms with E-state index in [9.17, 15) is 19.7 Å². The zero-order chi connectivity index (χ0) is 18.5. The van der Waals surface area contributed by atoms with Crippen molar-refractivity contribution >= 4 is 43.1 Å². The van der Waals surface area contributed by atoms with Crippen molar-refractivity contribution in [1.82, 2.24) is 14.9 Å². The van der Waals surface area contributed by atoms with Gasteiger partial charge in [-0.1, -0.05) is 4.98 Å². The molecular weight excluding hydrogens is 356 g/mol. The molecule has 1 aromatic heterocycles. The number of nitro groups is 1. The fourth-order valence-electron chi connectivity index (χ4n) is 1.72. The molecule has 134 valence electrons. The molecule has 0 saturated heterocycles. The van der Waals surface area contributed by atoms with Gasteiger partial charge in [-0.15, -0.1) is 0 Å². The summed E-state index contributed by atoms with van der Waals surface area (Å²) in [7, 11) is 0. The molecular formula is C13H20N4O5S2. The number of rotatable bonds is 8. The molecule has 0 aliphatic heterocycles. The Morgan fingerprint density at radius 2 is 2.17 bits per heavy atom. The van der Waals surface area contributed by atoms with E-state index in [0.29, 0.717) is 5.69 Å². The standard InChI is InChI=1S/C13H20N4O5S2/c1-8-6-14-12(17(20)21)16(8)4-5-22-10(18)9(7-23)15-11(19)13(2,3)24/h6,9,23-24H,4-5,7H2,1-3H3,(H,15,19)/t9-/m0/s1. The van der Waals surface area contributed by atoms with Crippen molar-refractivity contribution in [3.8, 4) is 0 Å². The first kappa shape index (κ1) is 20.3. The van der Waals surface area contributed by atoms with Crippen LogP contribution in [0.25, 0.3) is 0 Å². The number of ether oxygens (including phenoxy) is 1. The van der Waals surface area contributed by atoms with E-state index in [-0.39, 0.29) is 24.9 Å². The minimum absolute atomic E-state index is 0.0542. The van der Waals surface area contributed by atoms with Gasteiger partial charge in [-0.3, -0.25) is 4.79 Å². The van der Waals surface area contributed by atoms with E-state index in [0.717, 1.165) is 0 Å². The predicted molar refractivity (Wildman–Crippen MR) is 93.4 cm³/mol. The first-order chi connectivity index (χ1) is 11.1. The molecule has 1 heterocycles. The monoisotopic (exact) mass is 376 g/mol. The number of nitrogens with one attached hydrogen (secondary N) is 1. The van der Waals surface area contributed by atoms with Crippen molar-refractivity contribution < 1.29 is 19.2 Å². The molecule has 0 aliphatic carbocycles. The molecule has 1 rings (SSSR count). The number of aryl methyl sites for hydroxylation is 1. The summed E-state index contributed by atoms with van der Waals surface area (Å²) in [6.07, 6.45) is 1.37. The third-order valence-corrected chi connectivity index (χ3v) is 3.65. The predicted octanol–water partition coefficient (Wildman–Crippen LogP) is 0.766. The normalized spacial score (nSPS) is 12.5. The maximum absolute atomic E-state index is 12.0. The molecule has 1 N–H and O–H groups in total. The average molecular weight is 376 g/mol. The molecule has 0 fully saturated rings. The van der Waals surface area contributed by atoms with Gasteiger partial charge >= 0.3 is 11.9 Å². The number of esters is 1. The maximum atomic E-state index is 12.0. The second kappa shape index (κ2) is 8.38. The fourth-order valence-corrected chi connectivity index (χ4v) is 2.03. The van der Waals surface area contributed by atoms with Crippen LogP contribution in [0.1, 0.15) is 19.5 Å². The van der Waals surface area contributed by atoms with E-state index in [1.165, 1.54) is 10.8 Å². The van der Waals surface area contributed by atoms with E-state index in [4.69, 9.17) is 4.74 Å². The van der Waals surface area contributed by atoms with Gasteiger partial charge in [-0.05, 0) is 25.7 Å². The van der Waals surface area contributed by atoms with E-state index < -0.39 is 27.6 Å². The van der Waals surface area contributed by atoms with Crippen LogP contribution in [0.3, 0.4) is 0 Å². The molecule has 0 aromatic carbocycles. The third kappa shape index (κ3) is 5.41. The molecule has 9 nitrogen and oxygen atoms in total. The SMILES string of the molecule is Cc1cnc([N+](=O)[O-])n1CCOC(=O)[C@H](CS)NC(=O)C(C)(C)S. The highest BCUT2D eigenvalue weighted by atomic mass is 32.1. The lowest BCUT2D eigenvalue weighted by Gasteiger charge is -2.21. The highest BCUT2D eigenvalue weighted by molar-refractivity contribution is 7.82. The van der Waals surface area contributed by atoms with Crippen LogP contribution in [-0.4, -0.2) is 49.5 Å². The Balaban J connectivity index is 2.60. The summed E-state index contributed by atoms with van der Waals surface area (Å²) in [6.45, 7) is 4.83. The molecule has 0 bridgehead atoms. The number of hydrogen-bond donors (Lipinski definition) is 3. The number of carbonyl (C=O) groups excluding carboxylic acids is 2. The van der Waals surface area contributed by atoms with Crippen molar-refractivity contribution in [2.75, 3.05) is 12.4 Å². The minimum Gasteiger partial charge on any atom is -0.461 e. The van der Waals surface area contributed by atoms with Crippen LogP contribution < -0.4 is 5.32 Å². The van der Waals surface area contributed by atoms with E-state index in [1.54, 1.807) is 20.8 Å². The topological polar surface area (TPSA) is 116 Å². The van der Waals surface area contributed by atoms with Gasteiger partial charge in [0.2, 0.25) is 5.91 Å². The molecule has 0 aliphatic rings. The summed E-state index contributed by atoms with van der Waals surface area (Å²) in [5, 5.41) is 13.3. The number of amides is 1. The quantitative estimate of drug-likeness (QED) is 0.267. The van der Waals surface area contributed by atoms with Gasteiger partial charge in [0.25, 0.3) is 0 Å². The minimum atomic E-state index is -0.948. The number of thiol groups is 2. The molecule has 0 saturated carbocycles. The lowest BCUT2D eigenvalue weighted by molar-refractivity contribution is -0.396. The van der Waals surface area contributed by atoms with Gasteiger partial charge in [-0.25, -0.2) is 9.36 Å². The Hall–Kier alpha value is -1.75. The molecule has 1 amide bonds. The van der Waals surface area contributed by atoms with Crippen LogP contribution in [0.15, 0.2) is 6.20 Å². The van der Waals surface area contributed by atoms with Crippen molar-refractivity contribution in [3.05, 3.63) is 22.0 Å². The summed E-state index contributed by atoms with van der Waals surface area (Å²) in [5.74, 6) is -1.36. The van der Waals surface area contributed by atoms with E-state index in [1.807, 2.05) is 0 Å². The highest BCUT2D eigenvalue weighted by Gasteiger charge is 2.28. The molecule has 24 heavy (non-hydrogen) atoms. The van der Waals surface area contributed by atoms with Gasteiger partial charge < -0.3 is 20.2 Å². The van der Waals surface area contributed by atoms with Crippen LogP contribution >= 0.6 is 25.3 Å².